The van der Waals surface area contributed by atoms with E-state index in [9.17, 15) is 9.59 Å². The minimum Gasteiger partial charge on any atom is -0.465 e. The molecule has 0 unspecified atom stereocenters. The maximum Gasteiger partial charge on any atom is 0.326 e. The SMILES string of the molecule is CCOC(=O)[C@@H]1S[C@H](c2ccccc2)SCC1=O. The minimum absolute atomic E-state index is 0.0457. The number of ketones is 1. The van der Waals surface area contributed by atoms with Crippen LogP contribution in [0.1, 0.15) is 17.1 Å². The van der Waals surface area contributed by atoms with Gasteiger partial charge in [0.05, 0.1) is 16.9 Å². The lowest BCUT2D eigenvalue weighted by Crippen LogP contribution is -2.33. The molecule has 0 amide bonds. The number of thioether (sulfide) groups is 2. The Morgan fingerprint density at radius 2 is 2.11 bits per heavy atom. The Hall–Kier alpha value is -0.940. The summed E-state index contributed by atoms with van der Waals surface area (Å²) in [6.45, 7) is 2.06. The van der Waals surface area contributed by atoms with Crippen molar-refractivity contribution < 1.29 is 14.3 Å². The van der Waals surface area contributed by atoms with E-state index in [1.54, 1.807) is 18.7 Å². The van der Waals surface area contributed by atoms with Crippen LogP contribution in [0.25, 0.3) is 0 Å². The molecular formula is C13H14O3S2. The molecule has 5 heteroatoms. The smallest absolute Gasteiger partial charge is 0.326 e. The average molecular weight is 282 g/mol. The minimum atomic E-state index is -0.670. The highest BCUT2D eigenvalue weighted by Crippen LogP contribution is 2.46. The molecule has 1 saturated heterocycles. The van der Waals surface area contributed by atoms with Crippen molar-refractivity contribution in [3.05, 3.63) is 35.9 Å². The van der Waals surface area contributed by atoms with E-state index in [1.807, 2.05) is 30.3 Å². The average Bonchev–Trinajstić information content (AvgIpc) is 2.40. The highest BCUT2D eigenvalue weighted by molar-refractivity contribution is 8.18. The van der Waals surface area contributed by atoms with Crippen molar-refractivity contribution >= 4 is 35.3 Å². The molecule has 2 atom stereocenters. The molecule has 2 rings (SSSR count). The molecule has 0 N–H and O–H groups in total. The van der Waals surface area contributed by atoms with Gasteiger partial charge in [-0.15, -0.1) is 23.5 Å². The lowest BCUT2D eigenvalue weighted by Gasteiger charge is -2.26. The summed E-state index contributed by atoms with van der Waals surface area (Å²) in [7, 11) is 0. The molecule has 1 aliphatic rings. The number of Topliss-reactive ketones (excluding diaryl/α,β-unsaturated/α-hetero) is 1. The first kappa shape index (κ1) is 13.5. The second-order valence-electron chi connectivity index (χ2n) is 3.79. The van der Waals surface area contributed by atoms with Gasteiger partial charge in [0.25, 0.3) is 0 Å². The lowest BCUT2D eigenvalue weighted by molar-refractivity contribution is -0.144. The van der Waals surface area contributed by atoms with Crippen LogP contribution in [-0.2, 0) is 14.3 Å². The van der Waals surface area contributed by atoms with Crippen molar-refractivity contribution in [2.75, 3.05) is 12.4 Å². The maximum absolute atomic E-state index is 11.7. The molecule has 1 heterocycles. The van der Waals surface area contributed by atoms with Crippen molar-refractivity contribution in [1.29, 1.82) is 0 Å². The molecular weight excluding hydrogens is 268 g/mol. The molecule has 1 aromatic rings. The number of benzene rings is 1. The monoisotopic (exact) mass is 282 g/mol. The van der Waals surface area contributed by atoms with Gasteiger partial charge in [-0.1, -0.05) is 30.3 Å². The van der Waals surface area contributed by atoms with Crippen LogP contribution in [0.2, 0.25) is 0 Å². The Morgan fingerprint density at radius 3 is 2.78 bits per heavy atom. The molecule has 1 aromatic carbocycles. The summed E-state index contributed by atoms with van der Waals surface area (Å²) in [6.07, 6.45) is 0. The van der Waals surface area contributed by atoms with Gasteiger partial charge in [0, 0.05) is 0 Å². The first-order valence-electron chi connectivity index (χ1n) is 5.73. The number of rotatable bonds is 3. The molecule has 3 nitrogen and oxygen atoms in total. The summed E-state index contributed by atoms with van der Waals surface area (Å²) in [4.78, 5) is 23.5. The van der Waals surface area contributed by atoms with Crippen molar-refractivity contribution in [2.45, 2.75) is 16.8 Å². The van der Waals surface area contributed by atoms with Gasteiger partial charge in [0.15, 0.2) is 11.0 Å². The van der Waals surface area contributed by atoms with Crippen molar-refractivity contribution in [3.63, 3.8) is 0 Å². The van der Waals surface area contributed by atoms with Crippen LogP contribution in [0.15, 0.2) is 30.3 Å². The Morgan fingerprint density at radius 1 is 1.39 bits per heavy atom. The van der Waals surface area contributed by atoms with E-state index in [0.29, 0.717) is 12.4 Å². The zero-order valence-corrected chi connectivity index (χ0v) is 11.6. The molecule has 1 fully saturated rings. The number of carbonyl (C=O) groups excluding carboxylic acids is 2. The maximum atomic E-state index is 11.7. The van der Waals surface area contributed by atoms with Gasteiger partial charge in [-0.3, -0.25) is 9.59 Å². The van der Waals surface area contributed by atoms with Crippen LogP contribution in [0.5, 0.6) is 0 Å². The summed E-state index contributed by atoms with van der Waals surface area (Å²) in [6, 6.07) is 9.92. The highest BCUT2D eigenvalue weighted by Gasteiger charge is 2.36. The van der Waals surface area contributed by atoms with E-state index >= 15 is 0 Å². The second kappa shape index (κ2) is 6.29. The molecule has 0 aromatic heterocycles. The molecule has 0 aliphatic carbocycles. The molecule has 0 spiro atoms. The summed E-state index contributed by atoms with van der Waals surface area (Å²) in [5.41, 5.74) is 1.13. The van der Waals surface area contributed by atoms with E-state index in [2.05, 4.69) is 0 Å². The quantitative estimate of drug-likeness (QED) is 0.630. The largest absolute Gasteiger partial charge is 0.465 e. The first-order chi connectivity index (χ1) is 8.72. The fraction of sp³-hybridized carbons (Fsp3) is 0.385. The third kappa shape index (κ3) is 3.09. The third-order valence-corrected chi connectivity index (χ3v) is 5.52. The van der Waals surface area contributed by atoms with Gasteiger partial charge in [0.2, 0.25) is 0 Å². The molecule has 96 valence electrons. The van der Waals surface area contributed by atoms with E-state index < -0.39 is 11.2 Å². The van der Waals surface area contributed by atoms with Crippen molar-refractivity contribution in [1.82, 2.24) is 0 Å². The number of carbonyl (C=O) groups is 2. The van der Waals surface area contributed by atoms with Crippen LogP contribution in [0, 0.1) is 0 Å². The Kier molecular flexibility index (Phi) is 4.72. The Labute approximate surface area is 115 Å². The molecule has 18 heavy (non-hydrogen) atoms. The zero-order valence-electron chi connectivity index (χ0n) is 10.00. The normalized spacial score (nSPS) is 23.7. The summed E-state index contributed by atoms with van der Waals surface area (Å²) in [5, 5.41) is -0.670. The summed E-state index contributed by atoms with van der Waals surface area (Å²) in [5.74, 6) is -0.0832. The van der Waals surface area contributed by atoms with Crippen molar-refractivity contribution in [3.8, 4) is 0 Å². The topological polar surface area (TPSA) is 43.4 Å². The standard InChI is InChI=1S/C13H14O3S2/c1-2-16-12(15)11-10(14)8-17-13(18-11)9-6-4-3-5-7-9/h3-7,11,13H,2,8H2,1H3/t11-,13-/m1/s1. The second-order valence-corrected chi connectivity index (χ2v) is 6.39. The molecule has 0 bridgehead atoms. The number of hydrogen-bond acceptors (Lipinski definition) is 5. The number of esters is 1. The van der Waals surface area contributed by atoms with Crippen LogP contribution in [0.3, 0.4) is 0 Å². The lowest BCUT2D eigenvalue weighted by atomic mass is 10.2. The van der Waals surface area contributed by atoms with E-state index in [4.69, 9.17) is 4.74 Å². The predicted molar refractivity (Wildman–Crippen MR) is 74.7 cm³/mol. The van der Waals surface area contributed by atoms with Crippen LogP contribution in [-0.4, -0.2) is 29.4 Å². The third-order valence-electron chi connectivity index (χ3n) is 2.50. The van der Waals surface area contributed by atoms with Gasteiger partial charge in [-0.25, -0.2) is 0 Å². The van der Waals surface area contributed by atoms with Gasteiger partial charge < -0.3 is 4.74 Å². The van der Waals surface area contributed by atoms with E-state index in [1.165, 1.54) is 11.8 Å². The van der Waals surface area contributed by atoms with Gasteiger partial charge in [0.1, 0.15) is 0 Å². The van der Waals surface area contributed by atoms with Crippen LogP contribution < -0.4 is 0 Å². The molecule has 0 saturated carbocycles. The Balaban J connectivity index is 2.09. The van der Waals surface area contributed by atoms with Gasteiger partial charge in [-0.2, -0.15) is 0 Å². The number of hydrogen-bond donors (Lipinski definition) is 0. The first-order valence-corrected chi connectivity index (χ1v) is 7.73. The Bertz CT molecular complexity index is 433. The summed E-state index contributed by atoms with van der Waals surface area (Å²) >= 11 is 2.95. The molecule has 1 aliphatic heterocycles. The summed E-state index contributed by atoms with van der Waals surface area (Å²) < 4.78 is 5.07. The predicted octanol–water partition coefficient (Wildman–Crippen LogP) is 2.67. The van der Waals surface area contributed by atoms with Crippen molar-refractivity contribution in [2.24, 2.45) is 0 Å². The fourth-order valence-corrected chi connectivity index (χ4v) is 4.43. The van der Waals surface area contributed by atoms with Gasteiger partial charge in [-0.05, 0) is 12.5 Å². The van der Waals surface area contributed by atoms with E-state index in [0.717, 1.165) is 5.56 Å². The van der Waals surface area contributed by atoms with Crippen LogP contribution >= 0.6 is 23.5 Å². The van der Waals surface area contributed by atoms with Gasteiger partial charge >= 0.3 is 5.97 Å². The fourth-order valence-electron chi connectivity index (χ4n) is 1.66. The van der Waals surface area contributed by atoms with E-state index in [-0.39, 0.29) is 10.4 Å². The number of ether oxygens (including phenoxy) is 1. The zero-order chi connectivity index (χ0) is 13.0. The van der Waals surface area contributed by atoms with Crippen LogP contribution in [0.4, 0.5) is 0 Å². The molecule has 0 radical (unpaired) electrons. The highest BCUT2D eigenvalue weighted by atomic mass is 32.2.